The van der Waals surface area contributed by atoms with Gasteiger partial charge in [-0.3, -0.25) is 4.79 Å². The standard InChI is InChI=1S/C23H21F2IN4O3/c1-12-15-3-2-13(9-19(31)32)17(15)5-4-16(12)20-28-22(33-29-20)14-8-18(26)21(27-10-14)30-7-6-23(24,25)11-30/h4-5,8,10,13H,2-3,6-7,9,11H2,1H3,(H,31,32). The topological polar surface area (TPSA) is 92.4 Å². The number of aliphatic carboxylic acids is 1. The van der Waals surface area contributed by atoms with Crippen molar-refractivity contribution >= 4 is 34.4 Å². The van der Waals surface area contributed by atoms with Gasteiger partial charge in [-0.15, -0.1) is 0 Å². The van der Waals surface area contributed by atoms with Crippen molar-refractivity contribution < 1.29 is 23.2 Å². The predicted octanol–water partition coefficient (Wildman–Crippen LogP) is 5.06. The SMILES string of the molecule is Cc1c(-c2noc(-c3cnc(N4CCC(F)(F)C4)c(I)c3)n2)ccc2c1CCC2CC(=O)O. The zero-order valence-corrected chi connectivity index (χ0v) is 20.0. The molecule has 33 heavy (non-hydrogen) atoms. The lowest BCUT2D eigenvalue weighted by atomic mass is 9.93. The summed E-state index contributed by atoms with van der Waals surface area (Å²) in [4.78, 5) is 21.7. The number of hydrogen-bond donors (Lipinski definition) is 1. The molecule has 1 fully saturated rings. The van der Waals surface area contributed by atoms with Crippen LogP contribution in [0.2, 0.25) is 0 Å². The molecule has 0 spiro atoms. The van der Waals surface area contributed by atoms with Crippen molar-refractivity contribution in [2.45, 2.75) is 44.4 Å². The average Bonchev–Trinajstić information content (AvgIpc) is 3.47. The highest BCUT2D eigenvalue weighted by Crippen LogP contribution is 2.40. The molecule has 1 aromatic carbocycles. The van der Waals surface area contributed by atoms with Gasteiger partial charge in [0.15, 0.2) is 0 Å². The lowest BCUT2D eigenvalue weighted by Gasteiger charge is -2.18. The van der Waals surface area contributed by atoms with E-state index >= 15 is 0 Å². The van der Waals surface area contributed by atoms with Crippen LogP contribution < -0.4 is 4.90 Å². The van der Waals surface area contributed by atoms with Gasteiger partial charge < -0.3 is 14.5 Å². The number of hydrogen-bond acceptors (Lipinski definition) is 6. The number of carboxylic acids is 1. The van der Waals surface area contributed by atoms with Gasteiger partial charge in [0.1, 0.15) is 5.82 Å². The fraction of sp³-hybridized carbons (Fsp3) is 0.391. The Kier molecular flexibility index (Phi) is 5.58. The molecule has 5 rings (SSSR count). The molecule has 3 heterocycles. The van der Waals surface area contributed by atoms with E-state index in [9.17, 15) is 13.6 Å². The molecule has 1 N–H and O–H groups in total. The van der Waals surface area contributed by atoms with Gasteiger partial charge in [0.25, 0.3) is 11.8 Å². The number of fused-ring (bicyclic) bond motifs is 1. The first-order valence-corrected chi connectivity index (χ1v) is 11.8. The molecule has 1 aliphatic heterocycles. The number of benzene rings is 1. The highest BCUT2D eigenvalue weighted by molar-refractivity contribution is 14.1. The van der Waals surface area contributed by atoms with Crippen molar-refractivity contribution in [2.75, 3.05) is 18.0 Å². The summed E-state index contributed by atoms with van der Waals surface area (Å²) in [5.41, 5.74) is 4.74. The molecule has 0 amide bonds. The highest BCUT2D eigenvalue weighted by atomic mass is 127. The van der Waals surface area contributed by atoms with Crippen molar-refractivity contribution in [3.8, 4) is 22.8 Å². The molecule has 1 atom stereocenters. The highest BCUT2D eigenvalue weighted by Gasteiger charge is 2.39. The molecule has 2 aliphatic rings. The van der Waals surface area contributed by atoms with E-state index in [1.54, 1.807) is 11.1 Å². The van der Waals surface area contributed by atoms with Gasteiger partial charge in [0, 0.05) is 24.7 Å². The third-order valence-corrected chi connectivity index (χ3v) is 7.24. The number of anilines is 1. The number of rotatable bonds is 5. The number of alkyl halides is 2. The van der Waals surface area contributed by atoms with Gasteiger partial charge in [-0.25, -0.2) is 13.8 Å². The van der Waals surface area contributed by atoms with E-state index in [0.29, 0.717) is 23.1 Å². The fourth-order valence-electron chi connectivity index (χ4n) is 4.78. The smallest absolute Gasteiger partial charge is 0.303 e. The zero-order chi connectivity index (χ0) is 23.3. The van der Waals surface area contributed by atoms with Gasteiger partial charge in [-0.05, 0) is 71.0 Å². The van der Waals surface area contributed by atoms with Crippen LogP contribution in [0.1, 0.15) is 41.9 Å². The first-order chi connectivity index (χ1) is 15.7. The van der Waals surface area contributed by atoms with Crippen LogP contribution in [0.4, 0.5) is 14.6 Å². The number of aromatic nitrogens is 3. The Hall–Kier alpha value is -2.63. The third kappa shape index (κ3) is 4.20. The van der Waals surface area contributed by atoms with Crippen LogP contribution in [0.5, 0.6) is 0 Å². The molecule has 1 saturated heterocycles. The average molecular weight is 566 g/mol. The molecule has 1 unspecified atom stereocenters. The Morgan fingerprint density at radius 3 is 2.91 bits per heavy atom. The van der Waals surface area contributed by atoms with Crippen LogP contribution in [0, 0.1) is 10.5 Å². The van der Waals surface area contributed by atoms with Crippen LogP contribution in [0.3, 0.4) is 0 Å². The van der Waals surface area contributed by atoms with Crippen LogP contribution in [-0.2, 0) is 11.2 Å². The number of pyridine rings is 1. The lowest BCUT2D eigenvalue weighted by molar-refractivity contribution is -0.137. The zero-order valence-electron chi connectivity index (χ0n) is 17.8. The monoisotopic (exact) mass is 566 g/mol. The maximum Gasteiger partial charge on any atom is 0.303 e. The Labute approximate surface area is 202 Å². The van der Waals surface area contributed by atoms with Gasteiger partial charge in [-0.1, -0.05) is 17.3 Å². The summed E-state index contributed by atoms with van der Waals surface area (Å²) in [5, 5.41) is 13.3. The van der Waals surface area contributed by atoms with Gasteiger partial charge in [-0.2, -0.15) is 4.98 Å². The maximum absolute atomic E-state index is 13.6. The number of nitrogens with zero attached hydrogens (tertiary/aromatic N) is 4. The van der Waals surface area contributed by atoms with E-state index in [0.717, 1.165) is 38.7 Å². The number of carbonyl (C=O) groups is 1. The molecule has 0 radical (unpaired) electrons. The first-order valence-electron chi connectivity index (χ1n) is 10.7. The quantitative estimate of drug-likeness (QED) is 0.432. The van der Waals surface area contributed by atoms with Crippen molar-refractivity contribution in [1.29, 1.82) is 0 Å². The summed E-state index contributed by atoms with van der Waals surface area (Å²) in [6.45, 7) is 1.94. The van der Waals surface area contributed by atoms with Crippen LogP contribution >= 0.6 is 22.6 Å². The van der Waals surface area contributed by atoms with E-state index < -0.39 is 11.9 Å². The van der Waals surface area contributed by atoms with Crippen LogP contribution in [-0.4, -0.2) is 45.2 Å². The summed E-state index contributed by atoms with van der Waals surface area (Å²) in [5.74, 6) is -2.16. The van der Waals surface area contributed by atoms with Gasteiger partial charge >= 0.3 is 5.97 Å². The normalized spacial score (nSPS) is 19.2. The van der Waals surface area contributed by atoms with Crippen LogP contribution in [0.25, 0.3) is 22.8 Å². The Morgan fingerprint density at radius 1 is 1.39 bits per heavy atom. The van der Waals surface area contributed by atoms with E-state index in [4.69, 9.17) is 9.63 Å². The Balaban J connectivity index is 1.40. The van der Waals surface area contributed by atoms with Crippen molar-refractivity contribution in [2.24, 2.45) is 0 Å². The molecular formula is C23H21F2IN4O3. The summed E-state index contributed by atoms with van der Waals surface area (Å²) in [6.07, 6.45) is 3.18. The van der Waals surface area contributed by atoms with Crippen molar-refractivity contribution in [1.82, 2.24) is 15.1 Å². The van der Waals surface area contributed by atoms with Crippen molar-refractivity contribution in [3.05, 3.63) is 44.7 Å². The van der Waals surface area contributed by atoms with E-state index in [1.807, 2.05) is 25.1 Å². The number of halogens is 3. The van der Waals surface area contributed by atoms with Crippen molar-refractivity contribution in [3.63, 3.8) is 0 Å². The summed E-state index contributed by atoms with van der Waals surface area (Å²) < 4.78 is 33.4. The third-order valence-electron chi connectivity index (χ3n) is 6.44. The molecule has 1 aliphatic carbocycles. The summed E-state index contributed by atoms with van der Waals surface area (Å²) >= 11 is 2.09. The number of carboxylic acid groups (broad SMARTS) is 1. The maximum atomic E-state index is 13.6. The Morgan fingerprint density at radius 2 is 2.21 bits per heavy atom. The molecule has 2 aromatic heterocycles. The summed E-state index contributed by atoms with van der Waals surface area (Å²) in [7, 11) is 0. The van der Waals surface area contributed by atoms with Gasteiger partial charge in [0.2, 0.25) is 5.82 Å². The molecule has 7 nitrogen and oxygen atoms in total. The minimum absolute atomic E-state index is 0.0355. The van der Waals surface area contributed by atoms with Gasteiger partial charge in [0.05, 0.1) is 22.1 Å². The lowest BCUT2D eigenvalue weighted by Crippen LogP contribution is -2.26. The summed E-state index contributed by atoms with van der Waals surface area (Å²) in [6, 6.07) is 5.70. The van der Waals surface area contributed by atoms with E-state index in [1.165, 1.54) is 0 Å². The molecule has 0 saturated carbocycles. The largest absolute Gasteiger partial charge is 0.481 e. The minimum Gasteiger partial charge on any atom is -0.481 e. The second-order valence-electron chi connectivity index (χ2n) is 8.62. The first kappa shape index (κ1) is 22.2. The second kappa shape index (κ2) is 8.30. The molecule has 10 heteroatoms. The van der Waals surface area contributed by atoms with Crippen LogP contribution in [0.15, 0.2) is 28.9 Å². The molecular weight excluding hydrogens is 545 g/mol. The second-order valence-corrected chi connectivity index (χ2v) is 9.78. The minimum atomic E-state index is -2.69. The van der Waals surface area contributed by atoms with E-state index in [-0.39, 0.29) is 31.8 Å². The molecule has 0 bridgehead atoms. The molecule has 3 aromatic rings. The van der Waals surface area contributed by atoms with E-state index in [2.05, 4.69) is 37.7 Å². The fourth-order valence-corrected chi connectivity index (χ4v) is 5.59. The predicted molar refractivity (Wildman–Crippen MR) is 126 cm³/mol. The Bertz CT molecular complexity index is 1250. The molecule has 172 valence electrons.